The van der Waals surface area contributed by atoms with Crippen LogP contribution in [0.15, 0.2) is 30.3 Å². The van der Waals surface area contributed by atoms with Crippen LogP contribution in [0.5, 0.6) is 0 Å². The van der Waals surface area contributed by atoms with Gasteiger partial charge >= 0.3 is 0 Å². The summed E-state index contributed by atoms with van der Waals surface area (Å²) in [7, 11) is 0. The van der Waals surface area contributed by atoms with Gasteiger partial charge in [0.25, 0.3) is 5.17 Å². The Hall–Kier alpha value is -1.13. The van der Waals surface area contributed by atoms with E-state index in [0.717, 1.165) is 6.42 Å². The molecule has 0 bridgehead atoms. The Morgan fingerprint density at radius 2 is 2.08 bits per heavy atom. The second-order valence-corrected chi connectivity index (χ2v) is 3.22. The molecular formula is C9H10N2OS. The predicted octanol–water partition coefficient (Wildman–Crippen LogP) is 0.964. The van der Waals surface area contributed by atoms with Crippen molar-refractivity contribution in [2.24, 2.45) is 0 Å². The van der Waals surface area contributed by atoms with Gasteiger partial charge in [-0.2, -0.15) is 5.43 Å². The monoisotopic (exact) mass is 194 g/mol. The van der Waals surface area contributed by atoms with Crippen molar-refractivity contribution in [1.29, 1.82) is 0 Å². The minimum atomic E-state index is -0.0464. The maximum Gasteiger partial charge on any atom is 0.273 e. The lowest BCUT2D eigenvalue weighted by Crippen LogP contribution is -2.32. The van der Waals surface area contributed by atoms with Gasteiger partial charge in [-0.05, 0) is 17.8 Å². The quantitative estimate of drug-likeness (QED) is 0.687. The van der Waals surface area contributed by atoms with E-state index in [1.54, 1.807) is 0 Å². The minimum absolute atomic E-state index is 0.0464. The maximum atomic E-state index is 5.27. The molecule has 0 spiro atoms. The molecule has 1 saturated heterocycles. The first kappa shape index (κ1) is 8.47. The molecule has 1 aliphatic rings. The summed E-state index contributed by atoms with van der Waals surface area (Å²) in [4.78, 5) is 0. The Morgan fingerprint density at radius 3 is 2.69 bits per heavy atom. The topological polar surface area (TPSA) is 33.3 Å². The number of hydrogen-bond acceptors (Lipinski definition) is 3. The average molecular weight is 194 g/mol. The van der Waals surface area contributed by atoms with Crippen LogP contribution in [0.2, 0.25) is 0 Å². The lowest BCUT2D eigenvalue weighted by molar-refractivity contribution is 0.199. The van der Waals surface area contributed by atoms with Crippen molar-refractivity contribution in [3.8, 4) is 0 Å². The Bertz CT molecular complexity index is 302. The van der Waals surface area contributed by atoms with Gasteiger partial charge in [0.1, 0.15) is 0 Å². The largest absolute Gasteiger partial charge is 0.449 e. The van der Waals surface area contributed by atoms with Crippen molar-refractivity contribution in [3.05, 3.63) is 35.9 Å². The van der Waals surface area contributed by atoms with E-state index in [-0.39, 0.29) is 6.23 Å². The van der Waals surface area contributed by atoms with Crippen molar-refractivity contribution in [1.82, 2.24) is 10.9 Å². The highest BCUT2D eigenvalue weighted by molar-refractivity contribution is 7.80. The Balaban J connectivity index is 1.96. The van der Waals surface area contributed by atoms with Crippen LogP contribution in [0, 0.1) is 0 Å². The van der Waals surface area contributed by atoms with Crippen LogP contribution in [0.25, 0.3) is 0 Å². The molecule has 0 aromatic heterocycles. The van der Waals surface area contributed by atoms with Gasteiger partial charge in [0, 0.05) is 6.42 Å². The number of hydrogen-bond donors (Lipinski definition) is 2. The third-order valence-corrected chi connectivity index (χ3v) is 2.05. The van der Waals surface area contributed by atoms with Gasteiger partial charge in [-0.1, -0.05) is 30.3 Å². The summed E-state index contributed by atoms with van der Waals surface area (Å²) < 4.78 is 5.27. The zero-order chi connectivity index (χ0) is 9.10. The van der Waals surface area contributed by atoms with Crippen molar-refractivity contribution in [3.63, 3.8) is 0 Å². The molecule has 1 unspecified atom stereocenters. The van der Waals surface area contributed by atoms with Crippen LogP contribution in [0.4, 0.5) is 0 Å². The maximum absolute atomic E-state index is 5.27. The number of thiocarbonyl (C=S) groups is 1. The first-order valence-corrected chi connectivity index (χ1v) is 4.51. The first-order valence-electron chi connectivity index (χ1n) is 4.11. The van der Waals surface area contributed by atoms with Crippen molar-refractivity contribution < 1.29 is 4.74 Å². The molecular weight excluding hydrogens is 184 g/mol. The highest BCUT2D eigenvalue weighted by Gasteiger charge is 2.18. The molecule has 4 heteroatoms. The van der Waals surface area contributed by atoms with Crippen LogP contribution in [0.3, 0.4) is 0 Å². The normalized spacial score (nSPS) is 20.9. The zero-order valence-corrected chi connectivity index (χ0v) is 7.80. The summed E-state index contributed by atoms with van der Waals surface area (Å²) >= 11 is 4.82. The molecule has 1 aromatic carbocycles. The Labute approximate surface area is 82.1 Å². The zero-order valence-electron chi connectivity index (χ0n) is 6.99. The highest BCUT2D eigenvalue weighted by Crippen LogP contribution is 2.06. The molecule has 0 radical (unpaired) electrons. The number of rotatable bonds is 2. The van der Waals surface area contributed by atoms with E-state index < -0.39 is 0 Å². The summed E-state index contributed by atoms with van der Waals surface area (Å²) in [5, 5.41) is 0.418. The van der Waals surface area contributed by atoms with Gasteiger partial charge < -0.3 is 4.74 Å². The van der Waals surface area contributed by atoms with Crippen LogP contribution in [-0.2, 0) is 11.2 Å². The number of ether oxygens (including phenoxy) is 1. The van der Waals surface area contributed by atoms with Gasteiger partial charge in [0.05, 0.1) is 0 Å². The molecule has 1 heterocycles. The number of hydrazine groups is 1. The van der Waals surface area contributed by atoms with Crippen molar-refractivity contribution >= 4 is 17.4 Å². The Morgan fingerprint density at radius 1 is 1.31 bits per heavy atom. The van der Waals surface area contributed by atoms with Crippen LogP contribution in [0.1, 0.15) is 5.56 Å². The molecule has 0 amide bonds. The summed E-state index contributed by atoms with van der Waals surface area (Å²) in [6.45, 7) is 0. The Kier molecular flexibility index (Phi) is 2.42. The molecule has 1 atom stereocenters. The molecule has 0 saturated carbocycles. The fourth-order valence-corrected chi connectivity index (χ4v) is 1.42. The smallest absolute Gasteiger partial charge is 0.273 e. The summed E-state index contributed by atoms with van der Waals surface area (Å²) in [5.74, 6) is 0. The molecule has 2 N–H and O–H groups in total. The lowest BCUT2D eigenvalue weighted by atomic mass is 10.1. The predicted molar refractivity (Wildman–Crippen MR) is 53.9 cm³/mol. The van der Waals surface area contributed by atoms with E-state index >= 15 is 0 Å². The summed E-state index contributed by atoms with van der Waals surface area (Å²) in [5.41, 5.74) is 6.92. The van der Waals surface area contributed by atoms with Gasteiger partial charge in [0.2, 0.25) is 0 Å². The minimum Gasteiger partial charge on any atom is -0.449 e. The van der Waals surface area contributed by atoms with Crippen molar-refractivity contribution in [2.45, 2.75) is 12.6 Å². The molecule has 1 aromatic rings. The summed E-state index contributed by atoms with van der Waals surface area (Å²) in [6, 6.07) is 10.1. The SMILES string of the molecule is S=C1NNC(Cc2ccccc2)O1. The third-order valence-electron chi connectivity index (χ3n) is 1.85. The average Bonchev–Trinajstić information content (AvgIpc) is 2.53. The number of benzene rings is 1. The summed E-state index contributed by atoms with van der Waals surface area (Å²) in [6.07, 6.45) is 0.767. The first-order chi connectivity index (χ1) is 6.34. The molecule has 13 heavy (non-hydrogen) atoms. The van der Waals surface area contributed by atoms with Gasteiger partial charge in [-0.15, -0.1) is 0 Å². The van der Waals surface area contributed by atoms with E-state index in [1.807, 2.05) is 18.2 Å². The third kappa shape index (κ3) is 2.17. The molecule has 1 fully saturated rings. The van der Waals surface area contributed by atoms with Crippen LogP contribution >= 0.6 is 12.2 Å². The second-order valence-electron chi connectivity index (χ2n) is 2.85. The van der Waals surface area contributed by atoms with Crippen LogP contribution < -0.4 is 10.9 Å². The van der Waals surface area contributed by atoms with E-state index in [9.17, 15) is 0 Å². The molecule has 68 valence electrons. The molecule has 1 aliphatic heterocycles. The second kappa shape index (κ2) is 3.72. The fourth-order valence-electron chi connectivity index (χ4n) is 1.25. The highest BCUT2D eigenvalue weighted by atomic mass is 32.1. The lowest BCUT2D eigenvalue weighted by Gasteiger charge is -2.07. The van der Waals surface area contributed by atoms with E-state index in [1.165, 1.54) is 5.56 Å². The van der Waals surface area contributed by atoms with Gasteiger partial charge in [-0.3, -0.25) is 5.43 Å². The van der Waals surface area contributed by atoms with Crippen LogP contribution in [-0.4, -0.2) is 11.4 Å². The van der Waals surface area contributed by atoms with E-state index in [4.69, 9.17) is 17.0 Å². The fraction of sp³-hybridized carbons (Fsp3) is 0.222. The van der Waals surface area contributed by atoms with Gasteiger partial charge in [-0.25, -0.2) is 0 Å². The number of nitrogens with one attached hydrogen (secondary N) is 2. The van der Waals surface area contributed by atoms with Crippen molar-refractivity contribution in [2.75, 3.05) is 0 Å². The van der Waals surface area contributed by atoms with E-state index in [2.05, 4.69) is 23.0 Å². The molecule has 2 rings (SSSR count). The standard InChI is InChI=1S/C9H10N2OS/c13-9-11-10-8(12-9)6-7-4-2-1-3-5-7/h1-5,8,10H,6H2,(H,11,13). The molecule has 0 aliphatic carbocycles. The molecule has 3 nitrogen and oxygen atoms in total. The van der Waals surface area contributed by atoms with Gasteiger partial charge in [0.15, 0.2) is 6.23 Å². The van der Waals surface area contributed by atoms with E-state index in [0.29, 0.717) is 5.17 Å².